The topological polar surface area (TPSA) is 69.7 Å². The first-order valence-corrected chi connectivity index (χ1v) is 11.6. The molecule has 3 aromatic carbocycles. The van der Waals surface area contributed by atoms with Gasteiger partial charge in [-0.2, -0.15) is 0 Å². The van der Waals surface area contributed by atoms with Crippen molar-refractivity contribution in [1.29, 1.82) is 0 Å². The summed E-state index contributed by atoms with van der Waals surface area (Å²) < 4.78 is 16.0. The first kappa shape index (κ1) is 23.3. The van der Waals surface area contributed by atoms with E-state index in [4.69, 9.17) is 14.2 Å². The zero-order valence-electron chi connectivity index (χ0n) is 19.3. The molecule has 1 N–H and O–H groups in total. The largest absolute Gasteiger partial charge is 0.497 e. The van der Waals surface area contributed by atoms with E-state index in [0.29, 0.717) is 17.2 Å². The lowest BCUT2D eigenvalue weighted by Crippen LogP contribution is -2.30. The number of methoxy groups -OCH3 is 3. The summed E-state index contributed by atoms with van der Waals surface area (Å²) in [5, 5.41) is 5.90. The number of nitrogens with one attached hydrogen (secondary N) is 1. The third-order valence-corrected chi connectivity index (χ3v) is 6.35. The maximum atomic E-state index is 13.0. The van der Waals surface area contributed by atoms with Crippen LogP contribution in [-0.4, -0.2) is 32.2 Å². The molecule has 0 aliphatic carbocycles. The van der Waals surface area contributed by atoms with E-state index in [9.17, 15) is 4.79 Å². The van der Waals surface area contributed by atoms with Crippen molar-refractivity contribution in [1.82, 2.24) is 10.3 Å². The Kier molecular flexibility index (Phi) is 7.44. The fraction of sp³-hybridized carbons (Fsp3) is 0.185. The van der Waals surface area contributed by atoms with E-state index in [-0.39, 0.29) is 18.4 Å². The van der Waals surface area contributed by atoms with Gasteiger partial charge in [0.05, 0.1) is 39.5 Å². The van der Waals surface area contributed by atoms with Crippen molar-refractivity contribution in [3.05, 3.63) is 95.0 Å². The number of nitrogens with zero attached hydrogens (tertiary/aromatic N) is 1. The minimum Gasteiger partial charge on any atom is -0.497 e. The van der Waals surface area contributed by atoms with Gasteiger partial charge in [-0.3, -0.25) is 4.79 Å². The van der Waals surface area contributed by atoms with Gasteiger partial charge in [0.1, 0.15) is 10.8 Å². The first-order valence-electron chi connectivity index (χ1n) is 10.8. The Hall–Kier alpha value is -3.84. The van der Waals surface area contributed by atoms with Gasteiger partial charge in [0.25, 0.3) is 0 Å². The molecule has 0 aliphatic heterocycles. The molecule has 1 atom stereocenters. The summed E-state index contributed by atoms with van der Waals surface area (Å²) in [4.78, 5) is 17.7. The predicted molar refractivity (Wildman–Crippen MR) is 134 cm³/mol. The van der Waals surface area contributed by atoms with Crippen LogP contribution in [0.2, 0.25) is 0 Å². The lowest BCUT2D eigenvalue weighted by molar-refractivity contribution is -0.121. The fourth-order valence-electron chi connectivity index (χ4n) is 3.67. The maximum absolute atomic E-state index is 13.0. The molecule has 34 heavy (non-hydrogen) atoms. The monoisotopic (exact) mass is 474 g/mol. The number of ether oxygens (including phenoxy) is 3. The first-order chi connectivity index (χ1) is 16.6. The fourth-order valence-corrected chi connectivity index (χ4v) is 4.48. The maximum Gasteiger partial charge on any atom is 0.226 e. The van der Waals surface area contributed by atoms with E-state index >= 15 is 0 Å². The van der Waals surface area contributed by atoms with E-state index in [1.165, 1.54) is 11.3 Å². The molecule has 7 heteroatoms. The number of aromatic nitrogens is 1. The molecule has 0 fully saturated rings. The highest BCUT2D eigenvalue weighted by atomic mass is 32.1. The standard InChI is InChI=1S/C27H26N2O4S/c1-31-22-12-9-19(10-13-22)26(18-7-5-4-6-8-18)29-25(30)16-21-17-34-27(28-21)20-11-14-23(32-2)24(15-20)33-3/h4-15,17,26H,16H2,1-3H3,(H,29,30). The number of amides is 1. The zero-order valence-corrected chi connectivity index (χ0v) is 20.1. The van der Waals surface area contributed by atoms with Gasteiger partial charge in [0.2, 0.25) is 5.91 Å². The Balaban J connectivity index is 1.51. The summed E-state index contributed by atoms with van der Waals surface area (Å²) in [5.74, 6) is 1.97. The Morgan fingerprint density at radius 2 is 1.59 bits per heavy atom. The summed E-state index contributed by atoms with van der Waals surface area (Å²) in [7, 11) is 4.84. The number of carbonyl (C=O) groups is 1. The number of benzene rings is 3. The minimum absolute atomic E-state index is 0.103. The normalized spacial score (nSPS) is 11.5. The molecule has 4 aromatic rings. The molecule has 0 bridgehead atoms. The van der Waals surface area contributed by atoms with Crippen LogP contribution in [0.1, 0.15) is 22.9 Å². The summed E-state index contributed by atoms with van der Waals surface area (Å²) in [5.41, 5.74) is 3.61. The van der Waals surface area contributed by atoms with Crippen molar-refractivity contribution >= 4 is 17.2 Å². The molecule has 0 saturated carbocycles. The molecular formula is C27H26N2O4S. The van der Waals surface area contributed by atoms with Gasteiger partial charge >= 0.3 is 0 Å². The number of thiazole rings is 1. The van der Waals surface area contributed by atoms with Crippen LogP contribution < -0.4 is 19.5 Å². The number of hydrogen-bond acceptors (Lipinski definition) is 6. The van der Waals surface area contributed by atoms with E-state index in [0.717, 1.165) is 27.4 Å². The van der Waals surface area contributed by atoms with Crippen LogP contribution in [0, 0.1) is 0 Å². The average molecular weight is 475 g/mol. The second-order valence-corrected chi connectivity index (χ2v) is 8.43. The summed E-state index contributed by atoms with van der Waals surface area (Å²) in [6.07, 6.45) is 0.184. The lowest BCUT2D eigenvalue weighted by Gasteiger charge is -2.20. The van der Waals surface area contributed by atoms with Crippen LogP contribution in [0.15, 0.2) is 78.2 Å². The molecule has 1 amide bonds. The molecule has 174 valence electrons. The second kappa shape index (κ2) is 10.9. The highest BCUT2D eigenvalue weighted by Gasteiger charge is 2.18. The molecule has 0 radical (unpaired) electrons. The lowest BCUT2D eigenvalue weighted by atomic mass is 9.98. The van der Waals surface area contributed by atoms with Crippen molar-refractivity contribution < 1.29 is 19.0 Å². The van der Waals surface area contributed by atoms with Crippen molar-refractivity contribution in [3.63, 3.8) is 0 Å². The molecule has 4 rings (SSSR count). The van der Waals surface area contributed by atoms with E-state index in [1.54, 1.807) is 21.3 Å². The van der Waals surface area contributed by atoms with Crippen molar-refractivity contribution in [2.75, 3.05) is 21.3 Å². The van der Waals surface area contributed by atoms with Gasteiger partial charge in [0, 0.05) is 10.9 Å². The van der Waals surface area contributed by atoms with E-state index in [2.05, 4.69) is 10.3 Å². The highest BCUT2D eigenvalue weighted by molar-refractivity contribution is 7.13. The van der Waals surface area contributed by atoms with Gasteiger partial charge < -0.3 is 19.5 Å². The van der Waals surface area contributed by atoms with Crippen LogP contribution in [0.4, 0.5) is 0 Å². The predicted octanol–water partition coefficient (Wildman–Crippen LogP) is 5.28. The molecule has 0 aliphatic rings. The smallest absolute Gasteiger partial charge is 0.226 e. The molecule has 0 spiro atoms. The molecule has 1 heterocycles. The quantitative estimate of drug-likeness (QED) is 0.357. The third-order valence-electron chi connectivity index (χ3n) is 5.41. The van der Waals surface area contributed by atoms with Crippen LogP contribution in [-0.2, 0) is 11.2 Å². The van der Waals surface area contributed by atoms with E-state index in [1.807, 2.05) is 78.2 Å². The van der Waals surface area contributed by atoms with Crippen LogP contribution >= 0.6 is 11.3 Å². The molecule has 0 saturated heterocycles. The van der Waals surface area contributed by atoms with Gasteiger partial charge in [0.15, 0.2) is 11.5 Å². The second-order valence-electron chi connectivity index (χ2n) is 7.57. The molecule has 1 aromatic heterocycles. The number of hydrogen-bond donors (Lipinski definition) is 1. The van der Waals surface area contributed by atoms with Gasteiger partial charge in [-0.15, -0.1) is 11.3 Å². The van der Waals surface area contributed by atoms with Crippen molar-refractivity contribution in [2.45, 2.75) is 12.5 Å². The average Bonchev–Trinajstić information content (AvgIpc) is 3.35. The zero-order chi connectivity index (χ0) is 23.9. The molecular weight excluding hydrogens is 448 g/mol. The van der Waals surface area contributed by atoms with E-state index < -0.39 is 0 Å². The number of carbonyl (C=O) groups excluding carboxylic acids is 1. The van der Waals surface area contributed by atoms with Crippen LogP contribution in [0.3, 0.4) is 0 Å². The van der Waals surface area contributed by atoms with Crippen molar-refractivity contribution in [3.8, 4) is 27.8 Å². The molecule has 6 nitrogen and oxygen atoms in total. The Morgan fingerprint density at radius 1 is 0.882 bits per heavy atom. The van der Waals surface area contributed by atoms with Crippen LogP contribution in [0.5, 0.6) is 17.2 Å². The summed E-state index contributed by atoms with van der Waals surface area (Å²) >= 11 is 1.49. The number of rotatable bonds is 9. The van der Waals surface area contributed by atoms with Gasteiger partial charge in [-0.05, 0) is 41.5 Å². The molecule has 1 unspecified atom stereocenters. The van der Waals surface area contributed by atoms with Crippen molar-refractivity contribution in [2.24, 2.45) is 0 Å². The third kappa shape index (κ3) is 5.38. The van der Waals surface area contributed by atoms with Crippen LogP contribution in [0.25, 0.3) is 10.6 Å². The van der Waals surface area contributed by atoms with Gasteiger partial charge in [-0.25, -0.2) is 4.98 Å². The SMILES string of the molecule is COc1ccc(C(NC(=O)Cc2csc(-c3ccc(OC)c(OC)c3)n2)c2ccccc2)cc1. The Labute approximate surface area is 203 Å². The summed E-state index contributed by atoms with van der Waals surface area (Å²) in [6.45, 7) is 0. The Bertz CT molecular complexity index is 1240. The van der Waals surface area contributed by atoms with Gasteiger partial charge in [-0.1, -0.05) is 42.5 Å². The highest BCUT2D eigenvalue weighted by Crippen LogP contribution is 2.33. The Morgan fingerprint density at radius 3 is 2.26 bits per heavy atom. The summed E-state index contributed by atoms with van der Waals surface area (Å²) in [6, 6.07) is 23.0. The minimum atomic E-state index is -0.274.